The highest BCUT2D eigenvalue weighted by Crippen LogP contribution is 2.27. The maximum atomic E-state index is 13.1. The van der Waals surface area contributed by atoms with E-state index in [0.29, 0.717) is 0 Å². The zero-order valence-electron chi connectivity index (χ0n) is 7.40. The molecule has 1 aromatic rings. The summed E-state index contributed by atoms with van der Waals surface area (Å²) in [5.41, 5.74) is -0.942. The number of alkyl halides is 1. The Kier molecular flexibility index (Phi) is 3.60. The second kappa shape index (κ2) is 4.30. The molecule has 0 aromatic heterocycles. The molecule has 90 valence electrons. The molecular weight excluding hydrogens is 318 g/mol. The van der Waals surface area contributed by atoms with Crippen LogP contribution in [0.5, 0.6) is 0 Å². The van der Waals surface area contributed by atoms with Gasteiger partial charge in [0.25, 0.3) is 0 Å². The zero-order valence-corrected chi connectivity index (χ0v) is 9.80. The van der Waals surface area contributed by atoms with Crippen LogP contribution in [-0.2, 0) is 15.4 Å². The smallest absolute Gasteiger partial charge is 0.224 e. The summed E-state index contributed by atoms with van der Waals surface area (Å²) in [4.78, 5) is -1.81. The van der Waals surface area contributed by atoms with Crippen LogP contribution >= 0.6 is 15.9 Å². The first-order valence-electron chi connectivity index (χ1n) is 3.65. The summed E-state index contributed by atoms with van der Waals surface area (Å²) < 4.78 is 73.9. The van der Waals surface area contributed by atoms with Gasteiger partial charge in [-0.25, -0.2) is 31.1 Å². The van der Waals surface area contributed by atoms with Crippen LogP contribution in [-0.4, -0.2) is 8.42 Å². The van der Waals surface area contributed by atoms with Crippen molar-refractivity contribution in [2.24, 2.45) is 5.14 Å². The molecule has 0 atom stereocenters. The molecule has 0 aliphatic carbocycles. The second-order valence-electron chi connectivity index (χ2n) is 2.74. The Bertz CT molecular complexity index is 517. The molecule has 0 saturated heterocycles. The lowest BCUT2D eigenvalue weighted by molar-refractivity contribution is 0.411. The van der Waals surface area contributed by atoms with Crippen LogP contribution in [0.2, 0.25) is 0 Å². The van der Waals surface area contributed by atoms with E-state index in [1.807, 2.05) is 0 Å². The lowest BCUT2D eigenvalue weighted by Gasteiger charge is -2.08. The number of sulfonamides is 1. The van der Waals surface area contributed by atoms with Gasteiger partial charge in [0.1, 0.15) is 0 Å². The predicted molar refractivity (Wildman–Crippen MR) is 50.3 cm³/mol. The molecule has 0 unspecified atom stereocenters. The maximum Gasteiger partial charge on any atom is 0.244 e. The third-order valence-electron chi connectivity index (χ3n) is 1.73. The van der Waals surface area contributed by atoms with Gasteiger partial charge in [-0.3, -0.25) is 0 Å². The molecule has 16 heavy (non-hydrogen) atoms. The Morgan fingerprint density at radius 3 is 1.62 bits per heavy atom. The van der Waals surface area contributed by atoms with E-state index in [0.717, 1.165) is 0 Å². The standard InChI is InChI=1S/C7H4BrF4NO2S/c8-1-2-3(9)5(11)7(16(13,14)15)6(12)4(2)10/h1H2,(H2,13,14,15). The molecule has 1 rings (SSSR count). The first-order valence-corrected chi connectivity index (χ1v) is 6.32. The van der Waals surface area contributed by atoms with Crippen LogP contribution < -0.4 is 5.14 Å². The van der Waals surface area contributed by atoms with E-state index in [9.17, 15) is 26.0 Å². The number of nitrogens with two attached hydrogens (primary N) is 1. The van der Waals surface area contributed by atoms with E-state index in [4.69, 9.17) is 0 Å². The fraction of sp³-hybridized carbons (Fsp3) is 0.143. The number of hydrogen-bond acceptors (Lipinski definition) is 2. The van der Waals surface area contributed by atoms with Gasteiger partial charge in [0.2, 0.25) is 10.0 Å². The van der Waals surface area contributed by atoms with Crippen molar-refractivity contribution >= 4 is 26.0 Å². The van der Waals surface area contributed by atoms with Gasteiger partial charge in [-0.05, 0) is 0 Å². The minimum Gasteiger partial charge on any atom is -0.224 e. The number of primary sulfonamides is 1. The van der Waals surface area contributed by atoms with Gasteiger partial charge in [-0.2, -0.15) is 0 Å². The molecule has 0 heterocycles. The van der Waals surface area contributed by atoms with Crippen molar-refractivity contribution in [2.45, 2.75) is 10.2 Å². The summed E-state index contributed by atoms with van der Waals surface area (Å²) in [5.74, 6) is -7.65. The summed E-state index contributed by atoms with van der Waals surface area (Å²) in [6.45, 7) is 0. The summed E-state index contributed by atoms with van der Waals surface area (Å²) in [6.07, 6.45) is 0. The largest absolute Gasteiger partial charge is 0.244 e. The zero-order chi connectivity index (χ0) is 12.7. The Morgan fingerprint density at radius 1 is 1.00 bits per heavy atom. The van der Waals surface area contributed by atoms with E-state index in [2.05, 4.69) is 21.1 Å². The van der Waals surface area contributed by atoms with E-state index in [1.165, 1.54) is 0 Å². The Labute approximate surface area is 96.4 Å². The van der Waals surface area contributed by atoms with Crippen molar-refractivity contribution in [2.75, 3.05) is 0 Å². The average molecular weight is 322 g/mol. The van der Waals surface area contributed by atoms with Crippen molar-refractivity contribution in [1.82, 2.24) is 0 Å². The van der Waals surface area contributed by atoms with E-state index < -0.39 is 49.1 Å². The van der Waals surface area contributed by atoms with Crippen molar-refractivity contribution < 1.29 is 26.0 Å². The first-order chi connectivity index (χ1) is 7.21. The van der Waals surface area contributed by atoms with Gasteiger partial charge in [-0.1, -0.05) is 15.9 Å². The molecular formula is C7H4BrF4NO2S. The predicted octanol–water partition coefficient (Wildman–Crippen LogP) is 1.79. The van der Waals surface area contributed by atoms with Crippen LogP contribution in [0, 0.1) is 23.3 Å². The molecule has 0 radical (unpaired) electrons. The van der Waals surface area contributed by atoms with Gasteiger partial charge in [0.15, 0.2) is 28.2 Å². The van der Waals surface area contributed by atoms with Crippen LogP contribution in [0.15, 0.2) is 4.90 Å². The fourth-order valence-electron chi connectivity index (χ4n) is 1.02. The molecule has 0 saturated carbocycles. The van der Waals surface area contributed by atoms with E-state index in [1.54, 1.807) is 0 Å². The Morgan fingerprint density at radius 2 is 1.38 bits per heavy atom. The average Bonchev–Trinajstić information content (AvgIpc) is 2.14. The van der Waals surface area contributed by atoms with Crippen LogP contribution in [0.4, 0.5) is 17.6 Å². The number of hydrogen-bond donors (Lipinski definition) is 1. The number of halogens is 5. The minimum absolute atomic E-state index is 0.511. The van der Waals surface area contributed by atoms with Gasteiger partial charge in [-0.15, -0.1) is 0 Å². The molecule has 0 aliphatic rings. The van der Waals surface area contributed by atoms with E-state index >= 15 is 0 Å². The van der Waals surface area contributed by atoms with E-state index in [-0.39, 0.29) is 0 Å². The van der Waals surface area contributed by atoms with Crippen molar-refractivity contribution in [3.63, 3.8) is 0 Å². The van der Waals surface area contributed by atoms with Gasteiger partial charge in [0.05, 0.1) is 0 Å². The van der Waals surface area contributed by atoms with Crippen LogP contribution in [0.25, 0.3) is 0 Å². The maximum absolute atomic E-state index is 13.1. The van der Waals surface area contributed by atoms with Gasteiger partial charge < -0.3 is 0 Å². The molecule has 0 bridgehead atoms. The van der Waals surface area contributed by atoms with Crippen molar-refractivity contribution in [1.29, 1.82) is 0 Å². The number of rotatable bonds is 2. The molecule has 0 fully saturated rings. The third kappa shape index (κ3) is 2.06. The highest BCUT2D eigenvalue weighted by molar-refractivity contribution is 9.08. The molecule has 9 heteroatoms. The number of benzene rings is 1. The normalized spacial score (nSPS) is 11.9. The summed E-state index contributed by atoms with van der Waals surface area (Å²) in [5, 5.41) is 3.92. The summed E-state index contributed by atoms with van der Waals surface area (Å²) >= 11 is 2.61. The summed E-state index contributed by atoms with van der Waals surface area (Å²) in [7, 11) is -4.88. The Hall–Kier alpha value is -0.670. The highest BCUT2D eigenvalue weighted by Gasteiger charge is 2.30. The van der Waals surface area contributed by atoms with Gasteiger partial charge in [0, 0.05) is 10.9 Å². The molecule has 0 aliphatic heterocycles. The van der Waals surface area contributed by atoms with Crippen molar-refractivity contribution in [3.8, 4) is 0 Å². The fourth-order valence-corrected chi connectivity index (χ4v) is 2.20. The second-order valence-corrected chi connectivity index (χ2v) is 4.80. The SMILES string of the molecule is NS(=O)(=O)c1c(F)c(F)c(CBr)c(F)c1F. The van der Waals surface area contributed by atoms with Crippen LogP contribution in [0.1, 0.15) is 5.56 Å². The third-order valence-corrected chi connectivity index (χ3v) is 3.22. The lowest BCUT2D eigenvalue weighted by atomic mass is 10.2. The summed E-state index contributed by atoms with van der Waals surface area (Å²) in [6, 6.07) is 0. The molecule has 1 aromatic carbocycles. The molecule has 2 N–H and O–H groups in total. The lowest BCUT2D eigenvalue weighted by Crippen LogP contribution is -2.19. The topological polar surface area (TPSA) is 60.2 Å². The van der Waals surface area contributed by atoms with Crippen molar-refractivity contribution in [3.05, 3.63) is 28.8 Å². The first kappa shape index (κ1) is 13.4. The van der Waals surface area contributed by atoms with Crippen LogP contribution in [0.3, 0.4) is 0 Å². The molecule has 0 amide bonds. The quantitative estimate of drug-likeness (QED) is 0.513. The molecule has 3 nitrogen and oxygen atoms in total. The highest BCUT2D eigenvalue weighted by atomic mass is 79.9. The Balaban J connectivity index is 3.82. The van der Waals surface area contributed by atoms with Gasteiger partial charge >= 0.3 is 0 Å². The monoisotopic (exact) mass is 321 g/mol. The minimum atomic E-state index is -4.88. The molecule has 0 spiro atoms.